The highest BCUT2D eigenvalue weighted by atomic mass is 35.5. The van der Waals surface area contributed by atoms with Crippen LogP contribution in [0.2, 0.25) is 5.02 Å². The maximum absolute atomic E-state index is 12.7. The van der Waals surface area contributed by atoms with Gasteiger partial charge in [0, 0.05) is 25.3 Å². The Kier molecular flexibility index (Phi) is 6.79. The van der Waals surface area contributed by atoms with Gasteiger partial charge in [-0.3, -0.25) is 9.48 Å². The first-order chi connectivity index (χ1) is 13.8. The summed E-state index contributed by atoms with van der Waals surface area (Å²) < 4.78 is 1.66. The number of hydrogen-bond acceptors (Lipinski definition) is 3. The van der Waals surface area contributed by atoms with Gasteiger partial charge in [-0.1, -0.05) is 29.3 Å². The largest absolute Gasteiger partial charge is 0.341 e. The van der Waals surface area contributed by atoms with Gasteiger partial charge < -0.3 is 15.5 Å². The normalized spacial score (nSPS) is 16.6. The minimum Gasteiger partial charge on any atom is -0.341 e. The monoisotopic (exact) mass is 417 g/mol. The quantitative estimate of drug-likeness (QED) is 0.781. The van der Waals surface area contributed by atoms with Crippen molar-refractivity contribution in [1.82, 2.24) is 20.0 Å². The Morgan fingerprint density at radius 2 is 1.93 bits per heavy atom. The summed E-state index contributed by atoms with van der Waals surface area (Å²) in [7, 11) is 0. The molecule has 156 valence electrons. The predicted octanol–water partition coefficient (Wildman–Crippen LogP) is 3.52. The summed E-state index contributed by atoms with van der Waals surface area (Å²) in [4.78, 5) is 26.7. The SMILES string of the molecule is Cc1ccc(NC(=O)NCC2CCCN(C(=O)Cn3nc(C)c(Cl)c3C)C2)cc1. The molecule has 1 atom stereocenters. The zero-order valence-electron chi connectivity index (χ0n) is 17.2. The molecular weight excluding hydrogens is 390 g/mol. The van der Waals surface area contributed by atoms with Gasteiger partial charge in [0.05, 0.1) is 16.4 Å². The molecule has 1 aliphatic rings. The number of rotatable bonds is 5. The molecule has 1 saturated heterocycles. The van der Waals surface area contributed by atoms with Gasteiger partial charge in [0.1, 0.15) is 6.54 Å². The third-order valence-electron chi connectivity index (χ3n) is 5.31. The molecule has 1 aromatic carbocycles. The van der Waals surface area contributed by atoms with Gasteiger partial charge in [-0.05, 0) is 51.7 Å². The van der Waals surface area contributed by atoms with E-state index in [1.54, 1.807) is 4.68 Å². The predicted molar refractivity (Wildman–Crippen MR) is 114 cm³/mol. The second-order valence-electron chi connectivity index (χ2n) is 7.69. The molecule has 2 N–H and O–H groups in total. The van der Waals surface area contributed by atoms with Crippen molar-refractivity contribution in [1.29, 1.82) is 0 Å². The third kappa shape index (κ3) is 5.50. The van der Waals surface area contributed by atoms with Crippen LogP contribution in [0.3, 0.4) is 0 Å². The molecule has 29 heavy (non-hydrogen) atoms. The number of anilines is 1. The third-order valence-corrected chi connectivity index (χ3v) is 5.86. The highest BCUT2D eigenvalue weighted by molar-refractivity contribution is 6.31. The molecular formula is C21H28ClN5O2. The van der Waals surface area contributed by atoms with Crippen molar-refractivity contribution in [2.24, 2.45) is 5.92 Å². The number of likely N-dealkylation sites (tertiary alicyclic amines) is 1. The number of carbonyl (C=O) groups excluding carboxylic acids is 2. The van der Waals surface area contributed by atoms with Crippen LogP contribution in [-0.4, -0.2) is 46.3 Å². The standard InChI is InChI=1S/C21H28ClN5O2/c1-14-6-8-18(9-7-14)24-21(29)23-11-17-5-4-10-26(12-17)19(28)13-27-16(3)20(22)15(2)25-27/h6-9,17H,4-5,10-13H2,1-3H3,(H2,23,24,29). The Balaban J connectivity index is 1.48. The summed E-state index contributed by atoms with van der Waals surface area (Å²) in [6.07, 6.45) is 1.91. The summed E-state index contributed by atoms with van der Waals surface area (Å²) in [5.41, 5.74) is 3.44. The molecule has 0 spiro atoms. The zero-order chi connectivity index (χ0) is 21.0. The summed E-state index contributed by atoms with van der Waals surface area (Å²) in [5, 5.41) is 10.7. The fourth-order valence-electron chi connectivity index (χ4n) is 3.56. The number of urea groups is 1. The lowest BCUT2D eigenvalue weighted by Crippen LogP contribution is -2.45. The van der Waals surface area contributed by atoms with Gasteiger partial charge >= 0.3 is 6.03 Å². The number of carbonyl (C=O) groups is 2. The van der Waals surface area contributed by atoms with Crippen LogP contribution in [0.5, 0.6) is 0 Å². The fraction of sp³-hybridized carbons (Fsp3) is 0.476. The van der Waals surface area contributed by atoms with Crippen LogP contribution in [0.15, 0.2) is 24.3 Å². The number of nitrogens with one attached hydrogen (secondary N) is 2. The molecule has 3 rings (SSSR count). The van der Waals surface area contributed by atoms with E-state index in [1.807, 2.05) is 49.9 Å². The molecule has 2 aromatic rings. The van der Waals surface area contributed by atoms with Crippen molar-refractivity contribution in [3.8, 4) is 0 Å². The van der Waals surface area contributed by atoms with Crippen LogP contribution < -0.4 is 10.6 Å². The van der Waals surface area contributed by atoms with Crippen LogP contribution in [0, 0.1) is 26.7 Å². The van der Waals surface area contributed by atoms with E-state index in [0.717, 1.165) is 42.0 Å². The van der Waals surface area contributed by atoms with E-state index in [0.29, 0.717) is 18.1 Å². The van der Waals surface area contributed by atoms with Crippen LogP contribution in [0.4, 0.5) is 10.5 Å². The summed E-state index contributed by atoms with van der Waals surface area (Å²) >= 11 is 6.17. The zero-order valence-corrected chi connectivity index (χ0v) is 17.9. The van der Waals surface area contributed by atoms with Crippen LogP contribution in [0.1, 0.15) is 29.8 Å². The minimum absolute atomic E-state index is 0.0288. The summed E-state index contributed by atoms with van der Waals surface area (Å²) in [5.74, 6) is 0.265. The lowest BCUT2D eigenvalue weighted by Gasteiger charge is -2.33. The number of amides is 3. The smallest absolute Gasteiger partial charge is 0.319 e. The average Bonchev–Trinajstić information content (AvgIpc) is 2.95. The van der Waals surface area contributed by atoms with Gasteiger partial charge in [-0.25, -0.2) is 4.79 Å². The number of aromatic nitrogens is 2. The first-order valence-electron chi connectivity index (χ1n) is 9.92. The van der Waals surface area contributed by atoms with Crippen molar-refractivity contribution >= 4 is 29.2 Å². The van der Waals surface area contributed by atoms with Crippen molar-refractivity contribution < 1.29 is 9.59 Å². The Labute approximate surface area is 176 Å². The second kappa shape index (κ2) is 9.31. The minimum atomic E-state index is -0.227. The van der Waals surface area contributed by atoms with Gasteiger partial charge in [-0.15, -0.1) is 0 Å². The molecule has 0 bridgehead atoms. The number of benzene rings is 1. The molecule has 1 aromatic heterocycles. The molecule has 8 heteroatoms. The summed E-state index contributed by atoms with van der Waals surface area (Å²) in [6.45, 7) is 7.80. The van der Waals surface area contributed by atoms with E-state index in [4.69, 9.17) is 11.6 Å². The molecule has 2 heterocycles. The van der Waals surface area contributed by atoms with Crippen molar-refractivity contribution in [2.75, 3.05) is 25.0 Å². The van der Waals surface area contributed by atoms with Gasteiger partial charge in [-0.2, -0.15) is 5.10 Å². The first kappa shape index (κ1) is 21.2. The van der Waals surface area contributed by atoms with Crippen molar-refractivity contribution in [2.45, 2.75) is 40.2 Å². The van der Waals surface area contributed by atoms with Crippen molar-refractivity contribution in [3.05, 3.63) is 46.2 Å². The van der Waals surface area contributed by atoms with Gasteiger partial charge in [0.25, 0.3) is 0 Å². The molecule has 7 nitrogen and oxygen atoms in total. The molecule has 0 radical (unpaired) electrons. The Morgan fingerprint density at radius 3 is 2.59 bits per heavy atom. The molecule has 3 amide bonds. The maximum atomic E-state index is 12.7. The fourth-order valence-corrected chi connectivity index (χ4v) is 3.70. The number of piperidine rings is 1. The summed E-state index contributed by atoms with van der Waals surface area (Å²) in [6, 6.07) is 7.43. The first-order valence-corrected chi connectivity index (χ1v) is 10.3. The number of halogens is 1. The molecule has 0 saturated carbocycles. The number of aryl methyl sites for hydroxylation is 2. The van der Waals surface area contributed by atoms with Gasteiger partial charge in [0.15, 0.2) is 0 Å². The Hall–Kier alpha value is -2.54. The highest BCUT2D eigenvalue weighted by Crippen LogP contribution is 2.20. The van der Waals surface area contributed by atoms with E-state index in [1.165, 1.54) is 0 Å². The van der Waals surface area contributed by atoms with Crippen LogP contribution in [-0.2, 0) is 11.3 Å². The number of nitrogens with zero attached hydrogens (tertiary/aromatic N) is 3. The average molecular weight is 418 g/mol. The van der Waals surface area contributed by atoms with E-state index in [9.17, 15) is 9.59 Å². The lowest BCUT2D eigenvalue weighted by molar-refractivity contribution is -0.133. The van der Waals surface area contributed by atoms with Crippen molar-refractivity contribution in [3.63, 3.8) is 0 Å². The molecule has 1 aliphatic heterocycles. The Morgan fingerprint density at radius 1 is 1.21 bits per heavy atom. The topological polar surface area (TPSA) is 79.3 Å². The van der Waals surface area contributed by atoms with Crippen LogP contribution >= 0.6 is 11.6 Å². The molecule has 1 unspecified atom stereocenters. The van der Waals surface area contributed by atoms with E-state index in [2.05, 4.69) is 15.7 Å². The maximum Gasteiger partial charge on any atom is 0.319 e. The van der Waals surface area contributed by atoms with Crippen LogP contribution in [0.25, 0.3) is 0 Å². The second-order valence-corrected chi connectivity index (χ2v) is 8.07. The molecule has 1 fully saturated rings. The Bertz CT molecular complexity index is 878. The van der Waals surface area contributed by atoms with E-state index in [-0.39, 0.29) is 24.4 Å². The number of hydrogen-bond donors (Lipinski definition) is 2. The lowest BCUT2D eigenvalue weighted by atomic mass is 9.98. The van der Waals surface area contributed by atoms with Gasteiger partial charge in [0.2, 0.25) is 5.91 Å². The molecule has 0 aliphatic carbocycles. The highest BCUT2D eigenvalue weighted by Gasteiger charge is 2.25. The van der Waals surface area contributed by atoms with E-state index < -0.39 is 0 Å². The van der Waals surface area contributed by atoms with E-state index >= 15 is 0 Å².